The minimum atomic E-state index is -0.186. The van der Waals surface area contributed by atoms with Crippen LogP contribution < -0.4 is 5.32 Å². The molecule has 0 fully saturated rings. The van der Waals surface area contributed by atoms with E-state index in [0.29, 0.717) is 5.82 Å². The average molecular weight is 338 g/mol. The Morgan fingerprint density at radius 3 is 2.71 bits per heavy atom. The van der Waals surface area contributed by atoms with Crippen LogP contribution >= 0.6 is 11.3 Å². The van der Waals surface area contributed by atoms with Crippen molar-refractivity contribution in [1.29, 1.82) is 0 Å². The van der Waals surface area contributed by atoms with Crippen LogP contribution in [0.25, 0.3) is 16.4 Å². The number of nitrogens with one attached hydrogen (secondary N) is 1. The van der Waals surface area contributed by atoms with Crippen molar-refractivity contribution < 1.29 is 4.79 Å². The zero-order valence-corrected chi connectivity index (χ0v) is 14.6. The van der Waals surface area contributed by atoms with Gasteiger partial charge in [-0.15, -0.1) is 11.3 Å². The Labute approximate surface area is 144 Å². The van der Waals surface area contributed by atoms with E-state index >= 15 is 0 Å². The van der Waals surface area contributed by atoms with Gasteiger partial charge in [0, 0.05) is 17.0 Å². The first-order chi connectivity index (χ1) is 11.6. The van der Waals surface area contributed by atoms with E-state index in [1.807, 2.05) is 18.4 Å². The number of allylic oxidation sites excluding steroid dienone is 1. The summed E-state index contributed by atoms with van der Waals surface area (Å²) in [4.78, 5) is 16.5. The molecular formula is C18H18N4OS. The second-order valence-corrected chi connectivity index (χ2v) is 6.29. The van der Waals surface area contributed by atoms with Crippen molar-refractivity contribution in [3.05, 3.63) is 59.1 Å². The Balaban J connectivity index is 1.92. The number of hydrogen-bond donors (Lipinski definition) is 1. The van der Waals surface area contributed by atoms with Gasteiger partial charge in [-0.1, -0.05) is 35.9 Å². The molecule has 0 spiro atoms. The van der Waals surface area contributed by atoms with Gasteiger partial charge in [-0.2, -0.15) is 9.78 Å². The average Bonchev–Trinajstić information content (AvgIpc) is 3.15. The Morgan fingerprint density at radius 1 is 1.25 bits per heavy atom. The fourth-order valence-electron chi connectivity index (χ4n) is 2.27. The van der Waals surface area contributed by atoms with Crippen LogP contribution in [0, 0.1) is 13.8 Å². The van der Waals surface area contributed by atoms with Crippen molar-refractivity contribution in [1.82, 2.24) is 14.8 Å². The molecule has 1 amide bonds. The quantitative estimate of drug-likeness (QED) is 0.728. The van der Waals surface area contributed by atoms with Crippen LogP contribution in [0.15, 0.2) is 47.9 Å². The minimum absolute atomic E-state index is 0.186. The lowest BCUT2D eigenvalue weighted by atomic mass is 10.1. The number of aryl methyl sites for hydroxylation is 2. The molecule has 0 aliphatic rings. The van der Waals surface area contributed by atoms with Crippen molar-refractivity contribution >= 4 is 23.1 Å². The molecule has 5 nitrogen and oxygen atoms in total. The summed E-state index contributed by atoms with van der Waals surface area (Å²) in [5, 5.41) is 9.98. The number of nitrogens with zero attached hydrogens (tertiary/aromatic N) is 3. The van der Waals surface area contributed by atoms with E-state index in [1.54, 1.807) is 17.7 Å². The third-order valence-corrected chi connectivity index (χ3v) is 4.24. The maximum Gasteiger partial charge on any atom is 0.249 e. The normalized spacial score (nSPS) is 11.1. The highest BCUT2D eigenvalue weighted by Crippen LogP contribution is 2.26. The first-order valence-corrected chi connectivity index (χ1v) is 8.48. The fraction of sp³-hybridized carbons (Fsp3) is 0.167. The Morgan fingerprint density at radius 2 is 2.00 bits per heavy atom. The highest BCUT2D eigenvalue weighted by molar-refractivity contribution is 7.12. The molecule has 3 rings (SSSR count). The van der Waals surface area contributed by atoms with Gasteiger partial charge in [0.05, 0.1) is 11.4 Å². The molecule has 2 aromatic heterocycles. The molecule has 0 saturated heterocycles. The first-order valence-electron chi connectivity index (χ1n) is 7.60. The third-order valence-electron chi connectivity index (χ3n) is 3.42. The molecule has 1 N–H and O–H groups in total. The summed E-state index contributed by atoms with van der Waals surface area (Å²) in [5.41, 5.74) is 3.99. The highest BCUT2D eigenvalue weighted by atomic mass is 32.1. The molecule has 0 saturated carbocycles. The van der Waals surface area contributed by atoms with Crippen LogP contribution in [0.4, 0.5) is 5.82 Å². The molecule has 0 aliphatic heterocycles. The number of carbonyl (C=O) groups excluding carboxylic acids is 1. The highest BCUT2D eigenvalue weighted by Gasteiger charge is 2.13. The van der Waals surface area contributed by atoms with E-state index in [0.717, 1.165) is 22.1 Å². The molecule has 0 atom stereocenters. The predicted molar refractivity (Wildman–Crippen MR) is 97.6 cm³/mol. The molecule has 1 aromatic carbocycles. The summed E-state index contributed by atoms with van der Waals surface area (Å²) in [7, 11) is 0. The zero-order chi connectivity index (χ0) is 17.1. The Hall–Kier alpha value is -2.73. The van der Waals surface area contributed by atoms with Gasteiger partial charge in [-0.3, -0.25) is 4.79 Å². The SMILES string of the molecule is C/C=C/C(=O)Nc1cc(C)nn1-c1nc(-c2ccc(C)cc2)cs1. The standard InChI is InChI=1S/C18H18N4OS/c1-4-5-17(23)20-16-10-13(3)21-22(16)18-19-15(11-24-18)14-8-6-12(2)7-9-14/h4-11H,1-3H3,(H,20,23)/b5-4+. The van der Waals surface area contributed by atoms with E-state index in [2.05, 4.69) is 46.6 Å². The van der Waals surface area contributed by atoms with Crippen LogP contribution in [-0.4, -0.2) is 20.7 Å². The smallest absolute Gasteiger partial charge is 0.249 e. The van der Waals surface area contributed by atoms with Gasteiger partial charge in [0.1, 0.15) is 5.82 Å². The zero-order valence-electron chi connectivity index (χ0n) is 13.8. The number of rotatable bonds is 4. The van der Waals surface area contributed by atoms with Crippen LogP contribution in [-0.2, 0) is 4.79 Å². The summed E-state index contributed by atoms with van der Waals surface area (Å²) in [6.07, 6.45) is 3.17. The first kappa shape index (κ1) is 16.1. The molecule has 6 heteroatoms. The van der Waals surface area contributed by atoms with E-state index in [-0.39, 0.29) is 5.91 Å². The van der Waals surface area contributed by atoms with Crippen molar-refractivity contribution in [3.8, 4) is 16.4 Å². The predicted octanol–water partition coefficient (Wildman–Crippen LogP) is 4.13. The monoisotopic (exact) mass is 338 g/mol. The largest absolute Gasteiger partial charge is 0.307 e. The summed E-state index contributed by atoms with van der Waals surface area (Å²) in [6, 6.07) is 10.1. The second-order valence-electron chi connectivity index (χ2n) is 5.45. The van der Waals surface area contributed by atoms with Crippen molar-refractivity contribution in [3.63, 3.8) is 0 Å². The van der Waals surface area contributed by atoms with E-state index in [9.17, 15) is 4.79 Å². The molecule has 2 heterocycles. The Bertz CT molecular complexity index is 890. The molecule has 122 valence electrons. The molecule has 24 heavy (non-hydrogen) atoms. The van der Waals surface area contributed by atoms with Gasteiger partial charge in [0.15, 0.2) is 0 Å². The number of amides is 1. The maximum atomic E-state index is 11.8. The molecule has 0 bridgehead atoms. The van der Waals surface area contributed by atoms with Gasteiger partial charge < -0.3 is 5.32 Å². The molecular weight excluding hydrogens is 320 g/mol. The second kappa shape index (κ2) is 6.80. The number of benzene rings is 1. The van der Waals surface area contributed by atoms with Crippen LogP contribution in [0.1, 0.15) is 18.2 Å². The Kier molecular flexibility index (Phi) is 4.57. The number of thiazole rings is 1. The third kappa shape index (κ3) is 3.44. The van der Waals surface area contributed by atoms with E-state index in [4.69, 9.17) is 0 Å². The molecule has 0 radical (unpaired) electrons. The van der Waals surface area contributed by atoms with Crippen molar-refractivity contribution in [2.24, 2.45) is 0 Å². The fourth-order valence-corrected chi connectivity index (χ4v) is 3.07. The minimum Gasteiger partial charge on any atom is -0.307 e. The van der Waals surface area contributed by atoms with Crippen LogP contribution in [0.5, 0.6) is 0 Å². The molecule has 3 aromatic rings. The van der Waals surface area contributed by atoms with Gasteiger partial charge in [-0.25, -0.2) is 4.98 Å². The lowest BCUT2D eigenvalue weighted by Crippen LogP contribution is -2.12. The van der Waals surface area contributed by atoms with Gasteiger partial charge in [0.2, 0.25) is 11.0 Å². The lowest BCUT2D eigenvalue weighted by Gasteiger charge is -2.04. The van der Waals surface area contributed by atoms with E-state index < -0.39 is 0 Å². The summed E-state index contributed by atoms with van der Waals surface area (Å²) in [6.45, 7) is 5.75. The lowest BCUT2D eigenvalue weighted by molar-refractivity contribution is -0.111. The van der Waals surface area contributed by atoms with Gasteiger partial charge in [0.25, 0.3) is 0 Å². The summed E-state index contributed by atoms with van der Waals surface area (Å²) < 4.78 is 1.67. The van der Waals surface area contributed by atoms with Gasteiger partial charge in [-0.05, 0) is 26.8 Å². The van der Waals surface area contributed by atoms with Crippen LogP contribution in [0.3, 0.4) is 0 Å². The molecule has 0 aliphatic carbocycles. The summed E-state index contributed by atoms with van der Waals surface area (Å²) >= 11 is 1.49. The molecule has 0 unspecified atom stereocenters. The number of carbonyl (C=O) groups is 1. The topological polar surface area (TPSA) is 59.8 Å². The van der Waals surface area contributed by atoms with Crippen LogP contribution in [0.2, 0.25) is 0 Å². The number of aromatic nitrogens is 3. The number of anilines is 1. The number of hydrogen-bond acceptors (Lipinski definition) is 4. The van der Waals surface area contributed by atoms with Crippen molar-refractivity contribution in [2.45, 2.75) is 20.8 Å². The van der Waals surface area contributed by atoms with Crippen molar-refractivity contribution in [2.75, 3.05) is 5.32 Å². The maximum absolute atomic E-state index is 11.8. The summed E-state index contributed by atoms with van der Waals surface area (Å²) in [5.74, 6) is 0.425. The van der Waals surface area contributed by atoms with E-state index in [1.165, 1.54) is 23.0 Å². The van der Waals surface area contributed by atoms with Gasteiger partial charge >= 0.3 is 0 Å².